The predicted molar refractivity (Wildman–Crippen MR) is 101 cm³/mol. The molecule has 1 N–H and O–H groups in total. The maximum atomic E-state index is 12.2. The van der Waals surface area contributed by atoms with Crippen LogP contribution in [0.4, 0.5) is 5.69 Å². The summed E-state index contributed by atoms with van der Waals surface area (Å²) in [5, 5.41) is 10.4. The molecule has 0 aromatic heterocycles. The molecule has 2 heterocycles. The number of nitrogens with zero attached hydrogens (tertiary/aromatic N) is 2. The average Bonchev–Trinajstić information content (AvgIpc) is 2.97. The number of carboxylic acid groups (broad SMARTS) is 1. The lowest BCUT2D eigenvalue weighted by Gasteiger charge is -2.13. The quantitative estimate of drug-likeness (QED) is 0.617. The van der Waals surface area contributed by atoms with Crippen molar-refractivity contribution in [3.8, 4) is 0 Å². The Kier molecular flexibility index (Phi) is 4.91. The first-order valence-electron chi connectivity index (χ1n) is 6.75. The van der Waals surface area contributed by atoms with Crippen molar-refractivity contribution in [3.05, 3.63) is 45.3 Å². The summed E-state index contributed by atoms with van der Waals surface area (Å²) in [4.78, 5) is 27.6. The summed E-state index contributed by atoms with van der Waals surface area (Å²) < 4.78 is 0.259. The van der Waals surface area contributed by atoms with Gasteiger partial charge in [-0.2, -0.15) is 0 Å². The van der Waals surface area contributed by atoms with Crippen LogP contribution in [0.5, 0.6) is 0 Å². The molecule has 0 spiro atoms. The fourth-order valence-corrected chi connectivity index (χ4v) is 4.61. The zero-order chi connectivity index (χ0) is 17.4. The van der Waals surface area contributed by atoms with Crippen molar-refractivity contribution in [2.24, 2.45) is 0 Å². The molecule has 0 radical (unpaired) electrons. The molecule has 0 bridgehead atoms. The number of thioether (sulfide) groups is 2. The van der Waals surface area contributed by atoms with E-state index >= 15 is 0 Å². The first-order valence-corrected chi connectivity index (χ1v) is 9.17. The normalized spacial score (nSPS) is 20.4. The van der Waals surface area contributed by atoms with Gasteiger partial charge in [0.2, 0.25) is 0 Å². The lowest BCUT2D eigenvalue weighted by molar-refractivity contribution is -0.140. The lowest BCUT2D eigenvalue weighted by Crippen LogP contribution is -2.33. The van der Waals surface area contributed by atoms with Gasteiger partial charge in [-0.25, -0.2) is 0 Å². The number of hydrogen-bond acceptors (Lipinski definition) is 6. The van der Waals surface area contributed by atoms with Crippen molar-refractivity contribution in [3.63, 3.8) is 0 Å². The number of amides is 1. The number of hydrogen-bond donors (Lipinski definition) is 1. The largest absolute Gasteiger partial charge is 0.480 e. The van der Waals surface area contributed by atoms with E-state index < -0.39 is 12.5 Å². The van der Waals surface area contributed by atoms with E-state index in [0.29, 0.717) is 9.93 Å². The van der Waals surface area contributed by atoms with E-state index in [9.17, 15) is 9.59 Å². The number of benzene rings is 1. The summed E-state index contributed by atoms with van der Waals surface area (Å²) in [5.74, 6) is -1.47. The molecule has 1 aromatic rings. The fourth-order valence-electron chi connectivity index (χ4n) is 2.22. The minimum Gasteiger partial charge on any atom is -0.480 e. The zero-order valence-corrected chi connectivity index (χ0v) is 15.6. The second-order valence-electron chi connectivity index (χ2n) is 4.96. The maximum absolute atomic E-state index is 12.2. The van der Waals surface area contributed by atoms with Gasteiger partial charge in [-0.05, 0) is 30.4 Å². The molecule has 2 aliphatic heterocycles. The van der Waals surface area contributed by atoms with E-state index in [4.69, 9.17) is 28.9 Å². The van der Waals surface area contributed by atoms with Gasteiger partial charge in [0.15, 0.2) is 0 Å². The monoisotopic (exact) mass is 398 g/mol. The topological polar surface area (TPSA) is 60.9 Å². The Hall–Kier alpha value is -1.48. The molecular weight excluding hydrogens is 388 g/mol. The molecular formula is C15H11ClN2O3S3. The number of carbonyl (C=O) groups excluding carboxylic acids is 1. The summed E-state index contributed by atoms with van der Waals surface area (Å²) in [6.07, 6.45) is 3.50. The van der Waals surface area contributed by atoms with E-state index in [-0.39, 0.29) is 10.2 Å². The van der Waals surface area contributed by atoms with Gasteiger partial charge in [-0.1, -0.05) is 47.3 Å². The number of halogens is 1. The highest BCUT2D eigenvalue weighted by molar-refractivity contribution is 8.26. The number of fused-ring (bicyclic) bond motifs is 1. The highest BCUT2D eigenvalue weighted by atomic mass is 35.5. The molecule has 9 heteroatoms. The molecule has 1 amide bonds. The van der Waals surface area contributed by atoms with Gasteiger partial charge in [0, 0.05) is 17.0 Å². The van der Waals surface area contributed by atoms with Crippen molar-refractivity contribution in [2.45, 2.75) is 4.90 Å². The number of rotatable bonds is 3. The SMILES string of the molecule is CN1/C(=C\C=C2\SC(=S)N(CC(=O)O)C2=O)Sc2ccc(Cl)cc21. The molecule has 1 saturated heterocycles. The van der Waals surface area contributed by atoms with Crippen LogP contribution in [-0.2, 0) is 9.59 Å². The van der Waals surface area contributed by atoms with Crippen LogP contribution in [0.3, 0.4) is 0 Å². The summed E-state index contributed by atoms with van der Waals surface area (Å²) in [6.45, 7) is -0.419. The highest BCUT2D eigenvalue weighted by Gasteiger charge is 2.33. The van der Waals surface area contributed by atoms with Gasteiger partial charge in [0.25, 0.3) is 5.91 Å². The van der Waals surface area contributed by atoms with E-state index in [1.807, 2.05) is 36.2 Å². The Balaban J connectivity index is 1.81. The van der Waals surface area contributed by atoms with Crippen LogP contribution in [0.15, 0.2) is 45.2 Å². The van der Waals surface area contributed by atoms with Gasteiger partial charge in [0.05, 0.1) is 15.6 Å². The molecule has 2 aliphatic rings. The standard InChI is InChI=1S/C15H11ClN2O3S3/c1-17-9-6-8(16)2-3-10(9)23-12(17)5-4-11-14(21)18(7-13(19)20)15(22)24-11/h2-6H,7H2,1H3,(H,19,20)/b11-4+,12-5+. The van der Waals surface area contributed by atoms with Gasteiger partial charge in [0.1, 0.15) is 10.9 Å². The van der Waals surface area contributed by atoms with Crippen molar-refractivity contribution in [1.82, 2.24) is 4.90 Å². The Morgan fingerprint density at radius 2 is 2.12 bits per heavy atom. The second kappa shape index (κ2) is 6.79. The Morgan fingerprint density at radius 1 is 1.38 bits per heavy atom. The van der Waals surface area contributed by atoms with E-state index in [2.05, 4.69) is 0 Å². The molecule has 0 saturated carbocycles. The number of aliphatic carboxylic acids is 1. The van der Waals surface area contributed by atoms with Crippen LogP contribution in [-0.4, -0.2) is 39.8 Å². The molecule has 5 nitrogen and oxygen atoms in total. The highest BCUT2D eigenvalue weighted by Crippen LogP contribution is 2.46. The molecule has 24 heavy (non-hydrogen) atoms. The third-order valence-electron chi connectivity index (χ3n) is 3.37. The third kappa shape index (κ3) is 3.32. The van der Waals surface area contributed by atoms with Gasteiger partial charge >= 0.3 is 5.97 Å². The van der Waals surface area contributed by atoms with Crippen LogP contribution < -0.4 is 4.90 Å². The Bertz CT molecular complexity index is 822. The number of thiocarbonyl (C=S) groups is 1. The predicted octanol–water partition coefficient (Wildman–Crippen LogP) is 3.55. The molecule has 1 fully saturated rings. The lowest BCUT2D eigenvalue weighted by atomic mass is 10.3. The first-order chi connectivity index (χ1) is 11.4. The van der Waals surface area contributed by atoms with Crippen molar-refractivity contribution < 1.29 is 14.7 Å². The molecule has 124 valence electrons. The smallest absolute Gasteiger partial charge is 0.323 e. The summed E-state index contributed by atoms with van der Waals surface area (Å²) in [6, 6.07) is 5.67. The number of carbonyl (C=O) groups is 2. The summed E-state index contributed by atoms with van der Waals surface area (Å²) >= 11 is 13.8. The minimum absolute atomic E-state index is 0.259. The molecule has 1 aromatic carbocycles. The van der Waals surface area contributed by atoms with Crippen molar-refractivity contribution in [1.29, 1.82) is 0 Å². The van der Waals surface area contributed by atoms with Crippen LogP contribution in [0.25, 0.3) is 0 Å². The van der Waals surface area contributed by atoms with Gasteiger partial charge in [-0.3, -0.25) is 14.5 Å². The van der Waals surface area contributed by atoms with Crippen LogP contribution in [0, 0.1) is 0 Å². The van der Waals surface area contributed by atoms with Gasteiger partial charge in [-0.15, -0.1) is 0 Å². The Morgan fingerprint density at radius 3 is 2.83 bits per heavy atom. The summed E-state index contributed by atoms with van der Waals surface area (Å²) in [7, 11) is 1.92. The molecule has 0 aliphatic carbocycles. The molecule has 3 rings (SSSR count). The number of carboxylic acids is 1. The van der Waals surface area contributed by atoms with Crippen LogP contribution in [0.2, 0.25) is 5.02 Å². The van der Waals surface area contributed by atoms with E-state index in [1.54, 1.807) is 17.8 Å². The second-order valence-corrected chi connectivity index (χ2v) is 8.14. The van der Waals surface area contributed by atoms with Crippen molar-refractivity contribution in [2.75, 3.05) is 18.5 Å². The Labute approximate surface area is 157 Å². The van der Waals surface area contributed by atoms with Crippen molar-refractivity contribution >= 4 is 69.2 Å². The minimum atomic E-state index is -1.09. The van der Waals surface area contributed by atoms with Crippen LogP contribution in [0.1, 0.15) is 0 Å². The molecule has 0 atom stereocenters. The zero-order valence-electron chi connectivity index (χ0n) is 12.4. The number of anilines is 1. The first kappa shape index (κ1) is 17.3. The van der Waals surface area contributed by atoms with E-state index in [1.165, 1.54) is 0 Å². The number of allylic oxidation sites excluding steroid dienone is 2. The van der Waals surface area contributed by atoms with E-state index in [0.717, 1.165) is 32.3 Å². The average molecular weight is 399 g/mol. The molecule has 0 unspecified atom stereocenters. The summed E-state index contributed by atoms with van der Waals surface area (Å²) in [5.41, 5.74) is 1.01. The van der Waals surface area contributed by atoms with Crippen LogP contribution >= 0.6 is 47.3 Å². The fraction of sp³-hybridized carbons (Fsp3) is 0.133. The maximum Gasteiger partial charge on any atom is 0.323 e. The third-order valence-corrected chi connectivity index (χ3v) is 6.19. The van der Waals surface area contributed by atoms with Gasteiger partial charge < -0.3 is 10.0 Å².